The molecule has 0 aliphatic heterocycles. The average Bonchev–Trinajstić information content (AvgIpc) is 2.52. The summed E-state index contributed by atoms with van der Waals surface area (Å²) in [6.45, 7) is 2.56. The summed E-state index contributed by atoms with van der Waals surface area (Å²) in [5.74, 6) is 0.920. The van der Waals surface area contributed by atoms with Crippen molar-refractivity contribution in [2.24, 2.45) is 0 Å². The van der Waals surface area contributed by atoms with E-state index in [1.165, 1.54) is 11.1 Å². The molecule has 0 saturated heterocycles. The Morgan fingerprint density at radius 3 is 2.24 bits per heavy atom. The van der Waals surface area contributed by atoms with Crippen molar-refractivity contribution in [2.45, 2.75) is 38.7 Å². The van der Waals surface area contributed by atoms with Crippen molar-refractivity contribution in [3.63, 3.8) is 0 Å². The molecule has 0 aliphatic rings. The van der Waals surface area contributed by atoms with E-state index in [1.54, 1.807) is 0 Å². The molecule has 0 aromatic heterocycles. The molecule has 2 heteroatoms. The molecule has 0 fully saturated rings. The van der Waals surface area contributed by atoms with Crippen molar-refractivity contribution in [1.82, 2.24) is 0 Å². The predicted molar refractivity (Wildman–Crippen MR) is 86.7 cm³/mol. The second-order valence-electron chi connectivity index (χ2n) is 5.47. The lowest BCUT2D eigenvalue weighted by Crippen LogP contribution is -2.02. The summed E-state index contributed by atoms with van der Waals surface area (Å²) < 4.78 is 5.76. The lowest BCUT2D eigenvalue weighted by Gasteiger charge is -2.08. The minimum atomic E-state index is -0.237. The third kappa shape index (κ3) is 6.01. The fourth-order valence-electron chi connectivity index (χ4n) is 2.24. The Morgan fingerprint density at radius 1 is 0.905 bits per heavy atom. The van der Waals surface area contributed by atoms with E-state index in [2.05, 4.69) is 36.4 Å². The zero-order valence-corrected chi connectivity index (χ0v) is 12.7. The van der Waals surface area contributed by atoms with Gasteiger partial charge in [0, 0.05) is 0 Å². The second kappa shape index (κ2) is 8.48. The molecular formula is C19H24O2. The number of aryl methyl sites for hydroxylation is 2. The second-order valence-corrected chi connectivity index (χ2v) is 5.47. The van der Waals surface area contributed by atoms with Gasteiger partial charge in [-0.05, 0) is 55.9 Å². The highest BCUT2D eigenvalue weighted by atomic mass is 16.5. The highest BCUT2D eigenvalue weighted by Crippen LogP contribution is 2.14. The van der Waals surface area contributed by atoms with Crippen LogP contribution in [0.2, 0.25) is 0 Å². The Hall–Kier alpha value is -1.80. The van der Waals surface area contributed by atoms with E-state index in [1.807, 2.05) is 25.1 Å². The van der Waals surface area contributed by atoms with Crippen molar-refractivity contribution in [1.29, 1.82) is 0 Å². The van der Waals surface area contributed by atoms with Crippen LogP contribution in [-0.2, 0) is 12.8 Å². The Bertz CT molecular complexity index is 503. The van der Waals surface area contributed by atoms with E-state index in [9.17, 15) is 5.11 Å². The molecular weight excluding hydrogens is 260 g/mol. The van der Waals surface area contributed by atoms with E-state index in [0.29, 0.717) is 0 Å². The predicted octanol–water partition coefficient (Wildman–Crippen LogP) is 4.01. The molecule has 0 spiro atoms. The Balaban J connectivity index is 1.69. The van der Waals surface area contributed by atoms with Gasteiger partial charge in [-0.15, -0.1) is 0 Å². The van der Waals surface area contributed by atoms with E-state index >= 15 is 0 Å². The van der Waals surface area contributed by atoms with Crippen LogP contribution in [0.15, 0.2) is 54.6 Å². The SMILES string of the molecule is CC(O)CCc1ccc(OCCCc2ccccc2)cc1. The van der Waals surface area contributed by atoms with Crippen LogP contribution >= 0.6 is 0 Å². The maximum absolute atomic E-state index is 9.28. The molecule has 2 rings (SSSR count). The molecule has 112 valence electrons. The zero-order chi connectivity index (χ0) is 14.9. The van der Waals surface area contributed by atoms with Crippen LogP contribution in [0.3, 0.4) is 0 Å². The molecule has 0 radical (unpaired) electrons. The van der Waals surface area contributed by atoms with Gasteiger partial charge in [-0.1, -0.05) is 42.5 Å². The lowest BCUT2D eigenvalue weighted by atomic mass is 10.1. The maximum Gasteiger partial charge on any atom is 0.119 e. The lowest BCUT2D eigenvalue weighted by molar-refractivity contribution is 0.185. The van der Waals surface area contributed by atoms with E-state index in [0.717, 1.165) is 38.0 Å². The fraction of sp³-hybridized carbons (Fsp3) is 0.368. The number of ether oxygens (including phenoxy) is 1. The first kappa shape index (κ1) is 15.6. The third-order valence-electron chi connectivity index (χ3n) is 3.50. The summed E-state index contributed by atoms with van der Waals surface area (Å²) in [5, 5.41) is 9.28. The minimum absolute atomic E-state index is 0.237. The summed E-state index contributed by atoms with van der Waals surface area (Å²) in [5.41, 5.74) is 2.60. The molecule has 0 amide bonds. The molecule has 2 nitrogen and oxygen atoms in total. The topological polar surface area (TPSA) is 29.5 Å². The first-order chi connectivity index (χ1) is 10.2. The van der Waals surface area contributed by atoms with Crippen LogP contribution in [0.4, 0.5) is 0 Å². The van der Waals surface area contributed by atoms with Crippen molar-refractivity contribution in [2.75, 3.05) is 6.61 Å². The number of hydrogen-bond donors (Lipinski definition) is 1. The van der Waals surface area contributed by atoms with Gasteiger partial charge in [-0.3, -0.25) is 0 Å². The molecule has 2 aromatic rings. The minimum Gasteiger partial charge on any atom is -0.494 e. The van der Waals surface area contributed by atoms with Gasteiger partial charge in [-0.2, -0.15) is 0 Å². The first-order valence-electron chi connectivity index (χ1n) is 7.68. The van der Waals surface area contributed by atoms with Crippen LogP contribution in [0.1, 0.15) is 30.9 Å². The number of aliphatic hydroxyl groups excluding tert-OH is 1. The summed E-state index contributed by atoms with van der Waals surface area (Å²) >= 11 is 0. The smallest absolute Gasteiger partial charge is 0.119 e. The van der Waals surface area contributed by atoms with Gasteiger partial charge in [0.25, 0.3) is 0 Å². The van der Waals surface area contributed by atoms with Crippen molar-refractivity contribution in [3.8, 4) is 5.75 Å². The Labute approximate surface area is 127 Å². The molecule has 21 heavy (non-hydrogen) atoms. The average molecular weight is 284 g/mol. The number of aliphatic hydroxyl groups is 1. The van der Waals surface area contributed by atoms with Crippen LogP contribution in [0.5, 0.6) is 5.75 Å². The van der Waals surface area contributed by atoms with Crippen molar-refractivity contribution >= 4 is 0 Å². The van der Waals surface area contributed by atoms with E-state index < -0.39 is 0 Å². The van der Waals surface area contributed by atoms with Crippen molar-refractivity contribution in [3.05, 3.63) is 65.7 Å². The Morgan fingerprint density at radius 2 is 1.57 bits per heavy atom. The van der Waals surface area contributed by atoms with Gasteiger partial charge in [0.05, 0.1) is 12.7 Å². The van der Waals surface area contributed by atoms with Gasteiger partial charge in [0.15, 0.2) is 0 Å². The molecule has 1 atom stereocenters. The van der Waals surface area contributed by atoms with Crippen molar-refractivity contribution < 1.29 is 9.84 Å². The van der Waals surface area contributed by atoms with Crippen LogP contribution in [0.25, 0.3) is 0 Å². The molecule has 1 unspecified atom stereocenters. The van der Waals surface area contributed by atoms with Crippen LogP contribution in [0, 0.1) is 0 Å². The van der Waals surface area contributed by atoms with Gasteiger partial charge in [0.2, 0.25) is 0 Å². The summed E-state index contributed by atoms with van der Waals surface area (Å²) in [4.78, 5) is 0. The van der Waals surface area contributed by atoms with Gasteiger partial charge in [0.1, 0.15) is 5.75 Å². The third-order valence-corrected chi connectivity index (χ3v) is 3.50. The number of benzene rings is 2. The first-order valence-corrected chi connectivity index (χ1v) is 7.68. The number of rotatable bonds is 8. The Kier molecular flexibility index (Phi) is 6.29. The largest absolute Gasteiger partial charge is 0.494 e. The molecule has 0 heterocycles. The van der Waals surface area contributed by atoms with Crippen LogP contribution < -0.4 is 4.74 Å². The monoisotopic (exact) mass is 284 g/mol. The molecule has 0 saturated carbocycles. The molecule has 0 aliphatic carbocycles. The maximum atomic E-state index is 9.28. The van der Waals surface area contributed by atoms with Crippen LogP contribution in [-0.4, -0.2) is 17.8 Å². The van der Waals surface area contributed by atoms with Gasteiger partial charge >= 0.3 is 0 Å². The summed E-state index contributed by atoms with van der Waals surface area (Å²) in [7, 11) is 0. The highest BCUT2D eigenvalue weighted by Gasteiger charge is 1.99. The standard InChI is InChI=1S/C19H24O2/c1-16(20)9-10-18-11-13-19(14-12-18)21-15-5-8-17-6-3-2-4-7-17/h2-4,6-7,11-14,16,20H,5,8-10,15H2,1H3. The molecule has 2 aromatic carbocycles. The zero-order valence-electron chi connectivity index (χ0n) is 12.7. The highest BCUT2D eigenvalue weighted by molar-refractivity contribution is 5.27. The van der Waals surface area contributed by atoms with E-state index in [4.69, 9.17) is 4.74 Å². The van der Waals surface area contributed by atoms with Gasteiger partial charge < -0.3 is 9.84 Å². The van der Waals surface area contributed by atoms with E-state index in [-0.39, 0.29) is 6.10 Å². The molecule has 0 bridgehead atoms. The van der Waals surface area contributed by atoms with Gasteiger partial charge in [-0.25, -0.2) is 0 Å². The quantitative estimate of drug-likeness (QED) is 0.742. The molecule has 1 N–H and O–H groups in total. The summed E-state index contributed by atoms with van der Waals surface area (Å²) in [6.07, 6.45) is 3.54. The number of hydrogen-bond acceptors (Lipinski definition) is 2. The summed E-state index contributed by atoms with van der Waals surface area (Å²) in [6, 6.07) is 18.7. The fourth-order valence-corrected chi connectivity index (χ4v) is 2.24. The normalized spacial score (nSPS) is 12.1.